The third-order valence-corrected chi connectivity index (χ3v) is 2.90. The van der Waals surface area contributed by atoms with E-state index in [1.165, 1.54) is 4.90 Å². The predicted molar refractivity (Wildman–Crippen MR) is 66.8 cm³/mol. The second-order valence-corrected chi connectivity index (χ2v) is 4.56. The van der Waals surface area contributed by atoms with Gasteiger partial charge >= 0.3 is 6.18 Å². The maximum absolute atomic E-state index is 13.1. The highest BCUT2D eigenvalue weighted by Gasteiger charge is 2.34. The van der Waals surface area contributed by atoms with Gasteiger partial charge in [-0.05, 0) is 25.1 Å². The predicted octanol–water partition coefficient (Wildman–Crippen LogP) is 3.70. The smallest absolute Gasteiger partial charge is 0.338 e. The molecule has 1 aromatic carbocycles. The van der Waals surface area contributed by atoms with E-state index in [1.54, 1.807) is 6.92 Å². The Kier molecular flexibility index (Phi) is 5.34. The quantitative estimate of drug-likeness (QED) is 0.604. The maximum Gasteiger partial charge on any atom is 0.419 e. The number of benzene rings is 1. The highest BCUT2D eigenvalue weighted by atomic mass is 79.9. The molecule has 0 radical (unpaired) electrons. The Morgan fingerprint density at radius 3 is 2.47 bits per heavy atom. The van der Waals surface area contributed by atoms with Crippen molar-refractivity contribution in [2.24, 2.45) is 0 Å². The summed E-state index contributed by atoms with van der Waals surface area (Å²) in [5.74, 6) is -1.93. The van der Waals surface area contributed by atoms with Crippen LogP contribution in [0.2, 0.25) is 0 Å². The summed E-state index contributed by atoms with van der Waals surface area (Å²) >= 11 is 3.16. The molecule has 0 unspecified atom stereocenters. The largest absolute Gasteiger partial charge is 0.419 e. The highest BCUT2D eigenvalue weighted by molar-refractivity contribution is 9.09. The van der Waals surface area contributed by atoms with Crippen molar-refractivity contribution in [2.45, 2.75) is 13.1 Å². The van der Waals surface area contributed by atoms with Crippen molar-refractivity contribution in [3.63, 3.8) is 0 Å². The Morgan fingerprint density at radius 2 is 2.00 bits per heavy atom. The van der Waals surface area contributed by atoms with Crippen LogP contribution in [0.5, 0.6) is 0 Å². The van der Waals surface area contributed by atoms with Gasteiger partial charge in [-0.15, -0.1) is 0 Å². The molecule has 1 aromatic rings. The summed E-state index contributed by atoms with van der Waals surface area (Å²) in [6.45, 7) is 2.45. The van der Waals surface area contributed by atoms with Crippen LogP contribution in [0.15, 0.2) is 18.2 Å². The minimum absolute atomic E-state index is 0.170. The fraction of sp³-hybridized carbons (Fsp3) is 0.417. The molecule has 0 fully saturated rings. The first-order chi connectivity index (χ1) is 8.81. The van der Waals surface area contributed by atoms with E-state index in [0.717, 1.165) is 6.07 Å². The molecule has 0 aliphatic carbocycles. The van der Waals surface area contributed by atoms with Crippen molar-refractivity contribution in [3.8, 4) is 0 Å². The standard InChI is InChI=1S/C12H12BrF4NO/c1-2-18(6-5-13)11(19)8-3-4-10(14)9(7-8)12(15,16)17/h3-4,7H,2,5-6H2,1H3. The van der Waals surface area contributed by atoms with Gasteiger partial charge in [-0.25, -0.2) is 4.39 Å². The van der Waals surface area contributed by atoms with E-state index in [1.807, 2.05) is 0 Å². The van der Waals surface area contributed by atoms with Gasteiger partial charge in [-0.1, -0.05) is 15.9 Å². The number of alkyl halides is 4. The lowest BCUT2D eigenvalue weighted by Crippen LogP contribution is -2.32. The molecule has 0 atom stereocenters. The first kappa shape index (κ1) is 15.9. The molecule has 1 amide bonds. The lowest BCUT2D eigenvalue weighted by molar-refractivity contribution is -0.140. The Labute approximate surface area is 116 Å². The van der Waals surface area contributed by atoms with Gasteiger partial charge in [0.25, 0.3) is 5.91 Å². The van der Waals surface area contributed by atoms with Crippen LogP contribution in [0.1, 0.15) is 22.8 Å². The molecule has 7 heteroatoms. The van der Waals surface area contributed by atoms with E-state index in [2.05, 4.69) is 15.9 Å². The topological polar surface area (TPSA) is 20.3 Å². The van der Waals surface area contributed by atoms with Crippen LogP contribution in [0.4, 0.5) is 17.6 Å². The lowest BCUT2D eigenvalue weighted by Gasteiger charge is -2.20. The molecule has 0 saturated heterocycles. The average Bonchev–Trinajstić information content (AvgIpc) is 2.34. The summed E-state index contributed by atoms with van der Waals surface area (Å²) in [6.07, 6.45) is -4.81. The second kappa shape index (κ2) is 6.36. The molecule has 0 spiro atoms. The van der Waals surface area contributed by atoms with Gasteiger partial charge in [0.2, 0.25) is 0 Å². The molecule has 0 aliphatic heterocycles. The van der Waals surface area contributed by atoms with Crippen LogP contribution in [-0.2, 0) is 6.18 Å². The molecule has 19 heavy (non-hydrogen) atoms. The van der Waals surface area contributed by atoms with Gasteiger partial charge < -0.3 is 4.90 Å². The minimum atomic E-state index is -4.81. The van der Waals surface area contributed by atoms with Crippen LogP contribution in [0.3, 0.4) is 0 Å². The summed E-state index contributed by atoms with van der Waals surface area (Å²) in [7, 11) is 0. The van der Waals surface area contributed by atoms with Gasteiger partial charge in [-0.3, -0.25) is 4.79 Å². The number of carbonyl (C=O) groups excluding carboxylic acids is 1. The number of nitrogens with zero attached hydrogens (tertiary/aromatic N) is 1. The molecule has 0 bridgehead atoms. The van der Waals surface area contributed by atoms with Gasteiger partial charge in [0.1, 0.15) is 5.82 Å². The van der Waals surface area contributed by atoms with Crippen molar-refractivity contribution in [2.75, 3.05) is 18.4 Å². The van der Waals surface area contributed by atoms with Gasteiger partial charge in [-0.2, -0.15) is 13.2 Å². The molecule has 0 saturated carbocycles. The van der Waals surface area contributed by atoms with Crippen molar-refractivity contribution in [1.82, 2.24) is 4.90 Å². The Bertz CT molecular complexity index is 462. The van der Waals surface area contributed by atoms with Crippen LogP contribution >= 0.6 is 15.9 Å². The molecule has 106 valence electrons. The number of amides is 1. The molecule has 0 aromatic heterocycles. The van der Waals surface area contributed by atoms with Crippen molar-refractivity contribution in [3.05, 3.63) is 35.1 Å². The number of hydrogen-bond acceptors (Lipinski definition) is 1. The van der Waals surface area contributed by atoms with E-state index in [4.69, 9.17) is 0 Å². The number of rotatable bonds is 4. The van der Waals surface area contributed by atoms with E-state index >= 15 is 0 Å². The van der Waals surface area contributed by atoms with Crippen LogP contribution in [-0.4, -0.2) is 29.2 Å². The zero-order chi connectivity index (χ0) is 14.6. The average molecular weight is 342 g/mol. The Balaban J connectivity index is 3.12. The molecule has 0 aliphatic rings. The summed E-state index contributed by atoms with van der Waals surface area (Å²) in [5.41, 5.74) is -1.59. The molecule has 2 nitrogen and oxygen atoms in total. The van der Waals surface area contributed by atoms with Crippen molar-refractivity contribution in [1.29, 1.82) is 0 Å². The van der Waals surface area contributed by atoms with E-state index in [-0.39, 0.29) is 5.56 Å². The molecule has 0 heterocycles. The summed E-state index contributed by atoms with van der Waals surface area (Å²) in [6, 6.07) is 2.27. The molecule has 0 N–H and O–H groups in total. The molecular weight excluding hydrogens is 330 g/mol. The summed E-state index contributed by atoms with van der Waals surface area (Å²) < 4.78 is 50.8. The molecule has 1 rings (SSSR count). The molecular formula is C12H12BrF4NO. The van der Waals surface area contributed by atoms with Gasteiger partial charge in [0.15, 0.2) is 0 Å². The zero-order valence-corrected chi connectivity index (χ0v) is 11.7. The van der Waals surface area contributed by atoms with Gasteiger partial charge in [0.05, 0.1) is 5.56 Å². The van der Waals surface area contributed by atoms with Crippen LogP contribution < -0.4 is 0 Å². The fourth-order valence-electron chi connectivity index (χ4n) is 1.56. The van der Waals surface area contributed by atoms with Crippen molar-refractivity contribution < 1.29 is 22.4 Å². The van der Waals surface area contributed by atoms with E-state index in [0.29, 0.717) is 30.6 Å². The van der Waals surface area contributed by atoms with E-state index < -0.39 is 23.5 Å². The zero-order valence-electron chi connectivity index (χ0n) is 10.1. The fourth-order valence-corrected chi connectivity index (χ4v) is 1.99. The van der Waals surface area contributed by atoms with E-state index in [9.17, 15) is 22.4 Å². The number of halogens is 5. The monoisotopic (exact) mass is 341 g/mol. The summed E-state index contributed by atoms with van der Waals surface area (Å²) in [5, 5.41) is 0.514. The maximum atomic E-state index is 13.1. The first-order valence-electron chi connectivity index (χ1n) is 5.53. The third-order valence-electron chi connectivity index (χ3n) is 2.54. The lowest BCUT2D eigenvalue weighted by atomic mass is 10.1. The SMILES string of the molecule is CCN(CCBr)C(=O)c1ccc(F)c(C(F)(F)F)c1. The minimum Gasteiger partial charge on any atom is -0.338 e. The normalized spacial score (nSPS) is 11.5. The Morgan fingerprint density at radius 1 is 1.37 bits per heavy atom. The second-order valence-electron chi connectivity index (χ2n) is 3.77. The number of hydrogen-bond donors (Lipinski definition) is 0. The summed E-state index contributed by atoms with van der Waals surface area (Å²) in [4.78, 5) is 13.3. The Hall–Kier alpha value is -1.11. The van der Waals surface area contributed by atoms with Crippen LogP contribution in [0, 0.1) is 5.82 Å². The van der Waals surface area contributed by atoms with Crippen LogP contribution in [0.25, 0.3) is 0 Å². The third kappa shape index (κ3) is 3.92. The van der Waals surface area contributed by atoms with Crippen molar-refractivity contribution >= 4 is 21.8 Å². The number of carbonyl (C=O) groups is 1. The first-order valence-corrected chi connectivity index (χ1v) is 6.65. The highest BCUT2D eigenvalue weighted by Crippen LogP contribution is 2.32. The van der Waals surface area contributed by atoms with Gasteiger partial charge in [0, 0.05) is 24.0 Å².